The van der Waals surface area contributed by atoms with Crippen molar-refractivity contribution in [1.29, 1.82) is 0 Å². The zero-order valence-electron chi connectivity index (χ0n) is 5.87. The van der Waals surface area contributed by atoms with Gasteiger partial charge in [-0.25, -0.2) is 0 Å². The van der Waals surface area contributed by atoms with Crippen LogP contribution in [0.4, 0.5) is 11.4 Å². The second kappa shape index (κ2) is 2.20. The van der Waals surface area contributed by atoms with E-state index in [0.717, 1.165) is 11.4 Å². The first-order valence-electron chi connectivity index (χ1n) is 3.34. The molecule has 3 N–H and O–H groups in total. The summed E-state index contributed by atoms with van der Waals surface area (Å²) in [4.78, 5) is 0. The minimum Gasteiger partial charge on any atom is -0.461 e. The van der Waals surface area contributed by atoms with Gasteiger partial charge in [-0.05, 0) is 12.1 Å². The van der Waals surface area contributed by atoms with E-state index in [9.17, 15) is 0 Å². The number of nitrogens with one attached hydrogen (secondary N) is 1. The summed E-state index contributed by atoms with van der Waals surface area (Å²) in [5.41, 5.74) is 7.21. The average molecular weight is 148 g/mol. The van der Waals surface area contributed by atoms with Crippen LogP contribution < -0.4 is 15.8 Å². The summed E-state index contributed by atoms with van der Waals surface area (Å²) in [5, 5.41) is 3.03. The van der Waals surface area contributed by atoms with E-state index in [1.165, 1.54) is 0 Å². The Hall–Kier alpha value is -1.64. The first kappa shape index (κ1) is 6.09. The van der Waals surface area contributed by atoms with Crippen molar-refractivity contribution in [2.75, 3.05) is 11.1 Å². The van der Waals surface area contributed by atoms with Gasteiger partial charge in [-0.15, -0.1) is 0 Å². The van der Waals surface area contributed by atoms with Crippen LogP contribution in [-0.2, 0) is 0 Å². The molecule has 0 spiro atoms. The van der Waals surface area contributed by atoms with Gasteiger partial charge in [-0.3, -0.25) is 0 Å². The first-order chi connectivity index (χ1) is 5.36. The zero-order chi connectivity index (χ0) is 7.68. The molecule has 2 rings (SSSR count). The van der Waals surface area contributed by atoms with Gasteiger partial charge in [0.2, 0.25) is 0 Å². The van der Waals surface area contributed by atoms with Crippen molar-refractivity contribution in [1.82, 2.24) is 0 Å². The Bertz CT molecular complexity index is 307. The van der Waals surface area contributed by atoms with E-state index < -0.39 is 0 Å². The molecular formula is C8H8N2O. The number of fused-ring (bicyclic) bond motifs is 1. The molecule has 0 unspecified atom stereocenters. The molecule has 1 aliphatic heterocycles. The standard InChI is InChI=1S/C8H8N2O/c9-6-1-2-7-8(5-6)11-4-3-10-7/h1-5,10H,9H2. The molecule has 0 amide bonds. The van der Waals surface area contributed by atoms with Crippen LogP contribution >= 0.6 is 0 Å². The molecule has 0 bridgehead atoms. The van der Waals surface area contributed by atoms with Crippen molar-refractivity contribution in [2.45, 2.75) is 0 Å². The van der Waals surface area contributed by atoms with E-state index in [-0.39, 0.29) is 0 Å². The molecule has 3 heteroatoms. The van der Waals surface area contributed by atoms with Gasteiger partial charge in [-0.2, -0.15) is 0 Å². The highest BCUT2D eigenvalue weighted by Gasteiger charge is 2.04. The maximum atomic E-state index is 5.55. The monoisotopic (exact) mass is 148 g/mol. The predicted molar refractivity (Wildman–Crippen MR) is 44.2 cm³/mol. The summed E-state index contributed by atoms with van der Waals surface area (Å²) in [6, 6.07) is 5.49. The van der Waals surface area contributed by atoms with E-state index in [0.29, 0.717) is 5.69 Å². The highest BCUT2D eigenvalue weighted by Crippen LogP contribution is 2.28. The van der Waals surface area contributed by atoms with E-state index in [1.54, 1.807) is 18.5 Å². The maximum Gasteiger partial charge on any atom is 0.152 e. The lowest BCUT2D eigenvalue weighted by Crippen LogP contribution is -1.99. The van der Waals surface area contributed by atoms with Crippen molar-refractivity contribution < 1.29 is 4.74 Å². The van der Waals surface area contributed by atoms with Crippen molar-refractivity contribution in [3.63, 3.8) is 0 Å². The van der Waals surface area contributed by atoms with Gasteiger partial charge in [-0.1, -0.05) is 0 Å². The molecular weight excluding hydrogens is 140 g/mol. The van der Waals surface area contributed by atoms with Crippen LogP contribution in [-0.4, -0.2) is 0 Å². The molecule has 1 heterocycles. The van der Waals surface area contributed by atoms with Crippen molar-refractivity contribution >= 4 is 11.4 Å². The molecule has 3 nitrogen and oxygen atoms in total. The van der Waals surface area contributed by atoms with Crippen molar-refractivity contribution in [2.24, 2.45) is 0 Å². The number of rotatable bonds is 0. The molecule has 56 valence electrons. The van der Waals surface area contributed by atoms with E-state index in [2.05, 4.69) is 5.32 Å². The van der Waals surface area contributed by atoms with Gasteiger partial charge >= 0.3 is 0 Å². The van der Waals surface area contributed by atoms with Crippen LogP contribution in [0, 0.1) is 0 Å². The number of ether oxygens (including phenoxy) is 1. The highest BCUT2D eigenvalue weighted by molar-refractivity contribution is 5.64. The molecule has 0 radical (unpaired) electrons. The molecule has 0 aliphatic carbocycles. The Morgan fingerprint density at radius 3 is 3.18 bits per heavy atom. The van der Waals surface area contributed by atoms with Crippen LogP contribution in [0.3, 0.4) is 0 Å². The Labute approximate surface area is 64.5 Å². The number of anilines is 2. The van der Waals surface area contributed by atoms with Crippen LogP contribution in [0.5, 0.6) is 5.75 Å². The van der Waals surface area contributed by atoms with Gasteiger partial charge in [0, 0.05) is 18.0 Å². The molecule has 0 saturated carbocycles. The predicted octanol–water partition coefficient (Wildman–Crippen LogP) is 1.54. The molecule has 0 fully saturated rings. The van der Waals surface area contributed by atoms with Gasteiger partial charge in [0.15, 0.2) is 5.75 Å². The second-order valence-electron chi connectivity index (χ2n) is 2.32. The second-order valence-corrected chi connectivity index (χ2v) is 2.32. The topological polar surface area (TPSA) is 47.3 Å². The number of benzene rings is 1. The lowest BCUT2D eigenvalue weighted by atomic mass is 10.2. The summed E-state index contributed by atoms with van der Waals surface area (Å²) >= 11 is 0. The fourth-order valence-corrected chi connectivity index (χ4v) is 0.987. The molecule has 1 aromatic rings. The highest BCUT2D eigenvalue weighted by atomic mass is 16.5. The van der Waals surface area contributed by atoms with E-state index in [4.69, 9.17) is 10.5 Å². The molecule has 0 aromatic heterocycles. The maximum absolute atomic E-state index is 5.55. The lowest BCUT2D eigenvalue weighted by molar-refractivity contribution is 0.477. The van der Waals surface area contributed by atoms with Gasteiger partial charge in [0.05, 0.1) is 5.69 Å². The van der Waals surface area contributed by atoms with Crippen LogP contribution in [0.2, 0.25) is 0 Å². The summed E-state index contributed by atoms with van der Waals surface area (Å²) in [6.45, 7) is 0. The largest absolute Gasteiger partial charge is 0.461 e. The Kier molecular flexibility index (Phi) is 1.22. The smallest absolute Gasteiger partial charge is 0.152 e. The van der Waals surface area contributed by atoms with Gasteiger partial charge in [0.25, 0.3) is 0 Å². The van der Waals surface area contributed by atoms with Crippen LogP contribution in [0.25, 0.3) is 0 Å². The van der Waals surface area contributed by atoms with Crippen LogP contribution in [0.15, 0.2) is 30.7 Å². The number of nitrogens with two attached hydrogens (primary N) is 1. The Morgan fingerprint density at radius 1 is 1.36 bits per heavy atom. The third kappa shape index (κ3) is 1.00. The van der Waals surface area contributed by atoms with Crippen LogP contribution in [0.1, 0.15) is 0 Å². The summed E-state index contributed by atoms with van der Waals surface area (Å²) in [6.07, 6.45) is 3.32. The zero-order valence-corrected chi connectivity index (χ0v) is 5.87. The third-order valence-corrected chi connectivity index (χ3v) is 1.51. The lowest BCUT2D eigenvalue weighted by Gasteiger charge is -2.12. The van der Waals surface area contributed by atoms with Crippen molar-refractivity contribution in [3.8, 4) is 5.75 Å². The molecule has 0 saturated heterocycles. The summed E-state index contributed by atoms with van der Waals surface area (Å²) < 4.78 is 5.18. The number of nitrogen functional groups attached to an aromatic ring is 1. The Morgan fingerprint density at radius 2 is 2.27 bits per heavy atom. The molecule has 1 aromatic carbocycles. The quantitative estimate of drug-likeness (QED) is 0.548. The average Bonchev–Trinajstić information content (AvgIpc) is 2.04. The molecule has 1 aliphatic rings. The first-order valence-corrected chi connectivity index (χ1v) is 3.34. The van der Waals surface area contributed by atoms with E-state index in [1.807, 2.05) is 12.1 Å². The number of hydrogen-bond donors (Lipinski definition) is 2. The molecule has 11 heavy (non-hydrogen) atoms. The van der Waals surface area contributed by atoms with Crippen molar-refractivity contribution in [3.05, 3.63) is 30.7 Å². The number of hydrogen-bond acceptors (Lipinski definition) is 3. The fourth-order valence-electron chi connectivity index (χ4n) is 0.987. The Balaban J connectivity index is 2.48. The summed E-state index contributed by atoms with van der Waals surface area (Å²) in [7, 11) is 0. The minimum absolute atomic E-state index is 0.709. The summed E-state index contributed by atoms with van der Waals surface area (Å²) in [5.74, 6) is 0.771. The minimum atomic E-state index is 0.709. The SMILES string of the molecule is Nc1ccc2c(c1)OC=CN2. The normalized spacial score (nSPS) is 13.1. The van der Waals surface area contributed by atoms with Gasteiger partial charge in [0.1, 0.15) is 6.26 Å². The third-order valence-electron chi connectivity index (χ3n) is 1.51. The van der Waals surface area contributed by atoms with Gasteiger partial charge < -0.3 is 15.8 Å². The molecule has 0 atom stereocenters. The fraction of sp³-hybridized carbons (Fsp3) is 0. The van der Waals surface area contributed by atoms with E-state index >= 15 is 0 Å².